The summed E-state index contributed by atoms with van der Waals surface area (Å²) in [5.41, 5.74) is 3.09. The average molecular weight is 318 g/mol. The van der Waals surface area contributed by atoms with Gasteiger partial charge in [0.25, 0.3) is 0 Å². The minimum absolute atomic E-state index is 0.0448. The van der Waals surface area contributed by atoms with Crippen LogP contribution in [0.4, 0.5) is 0 Å². The van der Waals surface area contributed by atoms with Crippen molar-refractivity contribution in [2.75, 3.05) is 6.61 Å². The Hall–Kier alpha value is -1.30. The lowest BCUT2D eigenvalue weighted by Crippen LogP contribution is -2.39. The molecule has 0 aromatic heterocycles. The van der Waals surface area contributed by atoms with Gasteiger partial charge in [-0.1, -0.05) is 29.3 Å². The average Bonchev–Trinajstić information content (AvgIpc) is 3.05. The lowest BCUT2D eigenvalue weighted by molar-refractivity contribution is -0.149. The fourth-order valence-electron chi connectivity index (χ4n) is 2.90. The highest BCUT2D eigenvalue weighted by Crippen LogP contribution is 2.67. The van der Waals surface area contributed by atoms with E-state index in [9.17, 15) is 19.8 Å². The van der Waals surface area contributed by atoms with Crippen molar-refractivity contribution < 1.29 is 19.8 Å². The number of primary amides is 1. The minimum atomic E-state index is -1.70. The number of nitrogens with two attached hydrogens (primary N) is 1. The predicted octanol–water partition coefficient (Wildman–Crippen LogP) is 1.57. The first-order chi connectivity index (χ1) is 9.31. The van der Waals surface area contributed by atoms with Gasteiger partial charge in [-0.05, 0) is 30.5 Å². The zero-order chi connectivity index (χ0) is 15.1. The number of halogens is 2. The van der Waals surface area contributed by atoms with Crippen LogP contribution in [0.5, 0.6) is 0 Å². The van der Waals surface area contributed by atoms with Crippen LogP contribution in [0.1, 0.15) is 18.4 Å². The van der Waals surface area contributed by atoms with E-state index in [2.05, 4.69) is 0 Å². The van der Waals surface area contributed by atoms with Crippen LogP contribution < -0.4 is 5.73 Å². The molecular formula is C13H13Cl2NO4. The number of aliphatic hydroxyl groups is 1. The van der Waals surface area contributed by atoms with Gasteiger partial charge in [0.1, 0.15) is 0 Å². The maximum Gasteiger partial charge on any atom is 0.320 e. The molecule has 108 valence electrons. The molecule has 2 rings (SSSR count). The molecule has 0 saturated heterocycles. The molecular weight excluding hydrogens is 305 g/mol. The third-order valence-electron chi connectivity index (χ3n) is 4.06. The van der Waals surface area contributed by atoms with Crippen LogP contribution in [0.2, 0.25) is 10.0 Å². The number of aliphatic carboxylic acids is 1. The Morgan fingerprint density at radius 3 is 2.35 bits per heavy atom. The molecule has 1 saturated carbocycles. The Balaban J connectivity index is 2.56. The number of carboxylic acids is 1. The summed E-state index contributed by atoms with van der Waals surface area (Å²) in [6.07, 6.45) is 0.156. The molecule has 20 heavy (non-hydrogen) atoms. The number of amides is 1. The van der Waals surface area contributed by atoms with E-state index >= 15 is 0 Å². The summed E-state index contributed by atoms with van der Waals surface area (Å²) in [5.74, 6) is -2.20. The molecule has 0 spiro atoms. The molecule has 0 radical (unpaired) electrons. The van der Waals surface area contributed by atoms with Crippen molar-refractivity contribution in [1.29, 1.82) is 0 Å². The van der Waals surface area contributed by atoms with Crippen molar-refractivity contribution in [2.24, 2.45) is 11.1 Å². The molecule has 0 bridgehead atoms. The maximum absolute atomic E-state index is 11.6. The number of carboxylic acid groups (broad SMARTS) is 1. The molecule has 2 atom stereocenters. The van der Waals surface area contributed by atoms with Crippen molar-refractivity contribution in [3.05, 3.63) is 33.8 Å². The SMILES string of the molecule is NC(=O)C1(C(=O)O)CC1(CCO)c1ccc(Cl)c(Cl)c1. The van der Waals surface area contributed by atoms with E-state index in [1.54, 1.807) is 6.07 Å². The van der Waals surface area contributed by atoms with Crippen LogP contribution in [0.25, 0.3) is 0 Å². The normalized spacial score (nSPS) is 28.1. The van der Waals surface area contributed by atoms with Crippen LogP contribution in [-0.2, 0) is 15.0 Å². The second-order valence-electron chi connectivity index (χ2n) is 4.94. The first-order valence-corrected chi connectivity index (χ1v) is 6.67. The van der Waals surface area contributed by atoms with E-state index < -0.39 is 22.7 Å². The molecule has 0 heterocycles. The van der Waals surface area contributed by atoms with E-state index in [0.717, 1.165) is 0 Å². The van der Waals surface area contributed by atoms with Gasteiger partial charge in [0.2, 0.25) is 5.91 Å². The number of carbonyl (C=O) groups is 2. The second kappa shape index (κ2) is 4.91. The molecule has 1 aliphatic rings. The van der Waals surface area contributed by atoms with Crippen molar-refractivity contribution in [1.82, 2.24) is 0 Å². The fourth-order valence-corrected chi connectivity index (χ4v) is 3.19. The Morgan fingerprint density at radius 2 is 1.95 bits per heavy atom. The van der Waals surface area contributed by atoms with E-state index in [1.165, 1.54) is 12.1 Å². The van der Waals surface area contributed by atoms with Crippen molar-refractivity contribution in [3.63, 3.8) is 0 Å². The predicted molar refractivity (Wildman–Crippen MR) is 73.7 cm³/mol. The summed E-state index contributed by atoms with van der Waals surface area (Å²) in [6, 6.07) is 4.66. The summed E-state index contributed by atoms with van der Waals surface area (Å²) in [5, 5.41) is 19.2. The van der Waals surface area contributed by atoms with Crippen molar-refractivity contribution in [2.45, 2.75) is 18.3 Å². The van der Waals surface area contributed by atoms with Crippen molar-refractivity contribution >= 4 is 35.1 Å². The van der Waals surface area contributed by atoms with E-state index in [4.69, 9.17) is 28.9 Å². The summed E-state index contributed by atoms with van der Waals surface area (Å²) < 4.78 is 0. The smallest absolute Gasteiger partial charge is 0.320 e. The largest absolute Gasteiger partial charge is 0.480 e. The summed E-state index contributed by atoms with van der Waals surface area (Å²) in [7, 11) is 0. The summed E-state index contributed by atoms with van der Waals surface area (Å²) in [6.45, 7) is -0.261. The molecule has 1 aliphatic carbocycles. The summed E-state index contributed by atoms with van der Waals surface area (Å²) >= 11 is 11.8. The quantitative estimate of drug-likeness (QED) is 0.717. The third-order valence-corrected chi connectivity index (χ3v) is 4.79. The lowest BCUT2D eigenvalue weighted by atomic mass is 9.83. The maximum atomic E-state index is 11.6. The number of hydrogen-bond donors (Lipinski definition) is 3. The van der Waals surface area contributed by atoms with Gasteiger partial charge in [0, 0.05) is 12.0 Å². The number of rotatable bonds is 5. The fraction of sp³-hybridized carbons (Fsp3) is 0.385. The molecule has 5 nitrogen and oxygen atoms in total. The number of hydrogen-bond acceptors (Lipinski definition) is 3. The molecule has 1 amide bonds. The standard InChI is InChI=1S/C13H13Cl2NO4/c14-8-2-1-7(5-9(8)15)12(3-4-17)6-13(12,10(16)18)11(19)20/h1-2,5,17H,3-4,6H2,(H2,16,18)(H,19,20). The molecule has 0 aliphatic heterocycles. The number of aliphatic hydroxyl groups excluding tert-OH is 1. The molecule has 7 heteroatoms. The first kappa shape index (κ1) is 15.1. The topological polar surface area (TPSA) is 101 Å². The van der Waals surface area contributed by atoms with Crippen LogP contribution >= 0.6 is 23.2 Å². The summed E-state index contributed by atoms with van der Waals surface area (Å²) in [4.78, 5) is 23.1. The van der Waals surface area contributed by atoms with Crippen LogP contribution in [0.15, 0.2) is 18.2 Å². The van der Waals surface area contributed by atoms with Gasteiger partial charge in [-0.25, -0.2) is 0 Å². The molecule has 1 aromatic rings. The Morgan fingerprint density at radius 1 is 1.30 bits per heavy atom. The second-order valence-corrected chi connectivity index (χ2v) is 5.75. The van der Waals surface area contributed by atoms with Gasteiger partial charge in [-0.3, -0.25) is 9.59 Å². The van der Waals surface area contributed by atoms with Crippen molar-refractivity contribution in [3.8, 4) is 0 Å². The van der Waals surface area contributed by atoms with E-state index in [-0.39, 0.29) is 24.5 Å². The van der Waals surface area contributed by atoms with Gasteiger partial charge >= 0.3 is 5.97 Å². The Bertz CT molecular complexity index is 576. The highest BCUT2D eigenvalue weighted by molar-refractivity contribution is 6.42. The van der Waals surface area contributed by atoms with Crippen LogP contribution in [0, 0.1) is 5.41 Å². The van der Waals surface area contributed by atoms with E-state index in [1.807, 2.05) is 0 Å². The van der Waals surface area contributed by atoms with Gasteiger partial charge in [0.15, 0.2) is 5.41 Å². The monoisotopic (exact) mass is 317 g/mol. The molecule has 1 aromatic carbocycles. The highest BCUT2D eigenvalue weighted by Gasteiger charge is 2.76. The molecule has 2 unspecified atom stereocenters. The molecule has 4 N–H and O–H groups in total. The third kappa shape index (κ3) is 1.89. The Labute approximate surface area is 125 Å². The van der Waals surface area contributed by atoms with Crippen LogP contribution in [-0.4, -0.2) is 28.7 Å². The zero-order valence-electron chi connectivity index (χ0n) is 10.4. The highest BCUT2D eigenvalue weighted by atomic mass is 35.5. The van der Waals surface area contributed by atoms with Gasteiger partial charge in [0.05, 0.1) is 10.0 Å². The Kier molecular flexibility index (Phi) is 3.71. The molecule has 1 fully saturated rings. The number of benzene rings is 1. The first-order valence-electron chi connectivity index (χ1n) is 5.91. The van der Waals surface area contributed by atoms with Gasteiger partial charge in [-0.15, -0.1) is 0 Å². The van der Waals surface area contributed by atoms with Gasteiger partial charge < -0.3 is 15.9 Å². The zero-order valence-corrected chi connectivity index (χ0v) is 11.9. The number of carbonyl (C=O) groups excluding carboxylic acids is 1. The minimum Gasteiger partial charge on any atom is -0.480 e. The van der Waals surface area contributed by atoms with E-state index in [0.29, 0.717) is 10.6 Å². The lowest BCUT2D eigenvalue weighted by Gasteiger charge is -2.21. The van der Waals surface area contributed by atoms with Crippen LogP contribution in [0.3, 0.4) is 0 Å². The van der Waals surface area contributed by atoms with Gasteiger partial charge in [-0.2, -0.15) is 0 Å².